The average molecular weight is 235 g/mol. The van der Waals surface area contributed by atoms with Crippen molar-refractivity contribution in [1.29, 1.82) is 0 Å². The maximum atomic E-state index is 13.1. The maximum absolute atomic E-state index is 13.1. The molecule has 1 rings (SSSR count). The summed E-state index contributed by atoms with van der Waals surface area (Å²) in [5.41, 5.74) is 3.02. The molecule has 0 saturated carbocycles. The van der Waals surface area contributed by atoms with Gasteiger partial charge in [0.2, 0.25) is 0 Å². The zero-order valence-corrected chi connectivity index (χ0v) is 11.2. The average Bonchev–Trinajstić information content (AvgIpc) is 2.23. The van der Waals surface area contributed by atoms with Gasteiger partial charge in [-0.15, -0.1) is 0 Å². The van der Waals surface area contributed by atoms with E-state index in [4.69, 9.17) is 0 Å². The highest BCUT2D eigenvalue weighted by atomic mass is 19.1. The van der Waals surface area contributed by atoms with Gasteiger partial charge in [0.15, 0.2) is 0 Å². The number of hydrogen-bond acceptors (Lipinski definition) is 1. The molecule has 17 heavy (non-hydrogen) atoms. The number of rotatable bonds is 5. The van der Waals surface area contributed by atoms with Crippen molar-refractivity contribution in [3.8, 4) is 0 Å². The molecule has 0 bridgehead atoms. The van der Waals surface area contributed by atoms with Crippen LogP contribution in [0.3, 0.4) is 0 Å². The fourth-order valence-corrected chi connectivity index (χ4v) is 1.65. The Morgan fingerprint density at radius 2 is 2.12 bits per heavy atom. The highest BCUT2D eigenvalue weighted by molar-refractivity contribution is 5.53. The van der Waals surface area contributed by atoms with E-state index in [1.807, 2.05) is 12.1 Å². The molecule has 0 fully saturated rings. The first-order valence-corrected chi connectivity index (χ1v) is 6.13. The predicted molar refractivity (Wildman–Crippen MR) is 72.5 cm³/mol. The van der Waals surface area contributed by atoms with Gasteiger partial charge in [-0.25, -0.2) is 4.39 Å². The third kappa shape index (κ3) is 5.14. The summed E-state index contributed by atoms with van der Waals surface area (Å²) >= 11 is 0. The molecule has 0 aliphatic carbocycles. The van der Waals surface area contributed by atoms with E-state index in [1.54, 1.807) is 6.92 Å². The molecule has 1 aromatic carbocycles. The van der Waals surface area contributed by atoms with Gasteiger partial charge in [0.25, 0.3) is 0 Å². The molecule has 0 unspecified atom stereocenters. The van der Waals surface area contributed by atoms with Gasteiger partial charge in [-0.1, -0.05) is 31.6 Å². The molecular weight excluding hydrogens is 213 g/mol. The Labute approximate surface area is 104 Å². The fraction of sp³-hybridized carbons (Fsp3) is 0.467. The van der Waals surface area contributed by atoms with E-state index >= 15 is 0 Å². The van der Waals surface area contributed by atoms with E-state index in [0.717, 1.165) is 18.7 Å². The third-order valence-electron chi connectivity index (χ3n) is 2.55. The van der Waals surface area contributed by atoms with Gasteiger partial charge < -0.3 is 5.32 Å². The summed E-state index contributed by atoms with van der Waals surface area (Å²) in [6.07, 6.45) is 2.10. The van der Waals surface area contributed by atoms with Crippen molar-refractivity contribution >= 4 is 6.08 Å². The topological polar surface area (TPSA) is 12.0 Å². The lowest BCUT2D eigenvalue weighted by Crippen LogP contribution is -2.21. The summed E-state index contributed by atoms with van der Waals surface area (Å²) < 4.78 is 13.1. The van der Waals surface area contributed by atoms with Gasteiger partial charge in [0, 0.05) is 6.54 Å². The lowest BCUT2D eigenvalue weighted by Gasteiger charge is -2.07. The second-order valence-electron chi connectivity index (χ2n) is 5.02. The van der Waals surface area contributed by atoms with E-state index in [2.05, 4.69) is 32.2 Å². The number of hydrogen-bond donors (Lipinski definition) is 1. The first kappa shape index (κ1) is 13.9. The molecule has 0 atom stereocenters. The lowest BCUT2D eigenvalue weighted by atomic mass is 10.1. The highest BCUT2D eigenvalue weighted by Crippen LogP contribution is 2.12. The molecule has 0 amide bonds. The molecule has 0 aromatic heterocycles. The molecule has 0 heterocycles. The Balaban J connectivity index is 2.58. The minimum Gasteiger partial charge on any atom is -0.313 e. The van der Waals surface area contributed by atoms with E-state index in [-0.39, 0.29) is 5.82 Å². The van der Waals surface area contributed by atoms with Crippen LogP contribution in [0, 0.1) is 18.7 Å². The molecule has 1 aromatic rings. The zero-order chi connectivity index (χ0) is 12.8. The van der Waals surface area contributed by atoms with Crippen LogP contribution in [-0.2, 0) is 0 Å². The van der Waals surface area contributed by atoms with Gasteiger partial charge in [0.05, 0.1) is 0 Å². The van der Waals surface area contributed by atoms with E-state index in [0.29, 0.717) is 11.5 Å². The first-order chi connectivity index (χ1) is 7.99. The van der Waals surface area contributed by atoms with Gasteiger partial charge >= 0.3 is 0 Å². The molecule has 0 aliphatic rings. The Morgan fingerprint density at radius 1 is 1.41 bits per heavy atom. The second kappa shape index (κ2) is 6.55. The Bertz CT molecular complexity index is 394. The number of halogens is 1. The van der Waals surface area contributed by atoms with Crippen molar-refractivity contribution in [3.05, 3.63) is 40.7 Å². The normalized spacial score (nSPS) is 12.2. The maximum Gasteiger partial charge on any atom is 0.126 e. The molecule has 0 radical (unpaired) electrons. The van der Waals surface area contributed by atoms with Crippen LogP contribution in [0.2, 0.25) is 0 Å². The summed E-state index contributed by atoms with van der Waals surface area (Å²) in [4.78, 5) is 0. The molecule has 0 spiro atoms. The van der Waals surface area contributed by atoms with Gasteiger partial charge in [-0.2, -0.15) is 0 Å². The Kier molecular flexibility index (Phi) is 5.36. The zero-order valence-electron chi connectivity index (χ0n) is 11.2. The van der Waals surface area contributed by atoms with E-state index in [9.17, 15) is 4.39 Å². The Hall–Kier alpha value is -1.15. The van der Waals surface area contributed by atoms with Crippen LogP contribution in [0.4, 0.5) is 4.39 Å². The highest BCUT2D eigenvalue weighted by Gasteiger charge is 1.98. The van der Waals surface area contributed by atoms with Crippen molar-refractivity contribution in [2.75, 3.05) is 13.1 Å². The van der Waals surface area contributed by atoms with Crippen LogP contribution in [0.15, 0.2) is 23.8 Å². The van der Waals surface area contributed by atoms with E-state index < -0.39 is 0 Å². The monoisotopic (exact) mass is 235 g/mol. The third-order valence-corrected chi connectivity index (χ3v) is 2.55. The van der Waals surface area contributed by atoms with Gasteiger partial charge in [0.1, 0.15) is 5.82 Å². The van der Waals surface area contributed by atoms with Crippen LogP contribution in [0.5, 0.6) is 0 Å². The van der Waals surface area contributed by atoms with Crippen molar-refractivity contribution in [2.45, 2.75) is 27.7 Å². The summed E-state index contributed by atoms with van der Waals surface area (Å²) in [7, 11) is 0. The van der Waals surface area contributed by atoms with Crippen LogP contribution in [0.25, 0.3) is 6.08 Å². The van der Waals surface area contributed by atoms with Crippen LogP contribution in [-0.4, -0.2) is 13.1 Å². The minimum atomic E-state index is -0.141. The van der Waals surface area contributed by atoms with Crippen LogP contribution < -0.4 is 5.32 Å². The van der Waals surface area contributed by atoms with Crippen molar-refractivity contribution in [2.24, 2.45) is 5.92 Å². The van der Waals surface area contributed by atoms with Gasteiger partial charge in [-0.05, 0) is 49.6 Å². The standard InChI is InChI=1S/C15H22FN/c1-11(2)9-17-10-12(3)7-14-5-6-15(16)13(4)8-14/h5-8,11,17H,9-10H2,1-4H3. The molecule has 0 saturated heterocycles. The smallest absolute Gasteiger partial charge is 0.126 e. The number of benzene rings is 1. The van der Waals surface area contributed by atoms with Crippen molar-refractivity contribution < 1.29 is 4.39 Å². The number of aryl methyl sites for hydroxylation is 1. The summed E-state index contributed by atoms with van der Waals surface area (Å²) in [6, 6.07) is 5.21. The predicted octanol–water partition coefficient (Wildman–Crippen LogP) is 3.78. The summed E-state index contributed by atoms with van der Waals surface area (Å²) in [6.45, 7) is 10.2. The number of nitrogens with one attached hydrogen (secondary N) is 1. The summed E-state index contributed by atoms with van der Waals surface area (Å²) in [5.74, 6) is 0.522. The minimum absolute atomic E-state index is 0.141. The Morgan fingerprint density at radius 3 is 2.71 bits per heavy atom. The SMILES string of the molecule is CC(=Cc1ccc(F)c(C)c1)CNCC(C)C. The van der Waals surface area contributed by atoms with Crippen molar-refractivity contribution in [1.82, 2.24) is 5.32 Å². The first-order valence-electron chi connectivity index (χ1n) is 6.13. The van der Waals surface area contributed by atoms with Crippen LogP contribution >= 0.6 is 0 Å². The molecule has 1 nitrogen and oxygen atoms in total. The fourth-order valence-electron chi connectivity index (χ4n) is 1.65. The largest absolute Gasteiger partial charge is 0.313 e. The van der Waals surface area contributed by atoms with Crippen LogP contribution in [0.1, 0.15) is 31.9 Å². The summed E-state index contributed by atoms with van der Waals surface area (Å²) in [5, 5.41) is 3.39. The van der Waals surface area contributed by atoms with Gasteiger partial charge in [-0.3, -0.25) is 0 Å². The lowest BCUT2D eigenvalue weighted by molar-refractivity contribution is 0.572. The molecule has 2 heteroatoms. The molecular formula is C15H22FN. The molecule has 1 N–H and O–H groups in total. The molecule has 0 aliphatic heterocycles. The second-order valence-corrected chi connectivity index (χ2v) is 5.02. The van der Waals surface area contributed by atoms with Crippen molar-refractivity contribution in [3.63, 3.8) is 0 Å². The molecule has 94 valence electrons. The van der Waals surface area contributed by atoms with E-state index in [1.165, 1.54) is 11.6 Å². The quantitative estimate of drug-likeness (QED) is 0.819.